The summed E-state index contributed by atoms with van der Waals surface area (Å²) in [5, 5.41) is 11.6. The molecule has 0 saturated heterocycles. The molecule has 0 aliphatic heterocycles. The van der Waals surface area contributed by atoms with Crippen LogP contribution in [0.4, 0.5) is 0 Å². The van der Waals surface area contributed by atoms with E-state index in [1.54, 1.807) is 14.2 Å². The van der Waals surface area contributed by atoms with Crippen LogP contribution in [0.5, 0.6) is 0 Å². The first-order valence-electron chi connectivity index (χ1n) is 3.77. The first-order chi connectivity index (χ1) is 5.17. The molecule has 0 radical (unpaired) electrons. The SMILES string of the molecule is CNC(C#N)C(OC)C(C)C. The van der Waals surface area contributed by atoms with E-state index in [2.05, 4.69) is 11.4 Å². The number of hydrogen-bond donors (Lipinski definition) is 1. The van der Waals surface area contributed by atoms with Crippen molar-refractivity contribution < 1.29 is 4.74 Å². The highest BCUT2D eigenvalue weighted by atomic mass is 16.5. The summed E-state index contributed by atoms with van der Waals surface area (Å²) >= 11 is 0. The summed E-state index contributed by atoms with van der Waals surface area (Å²) in [5.74, 6) is 0.358. The fraction of sp³-hybridized carbons (Fsp3) is 0.875. The van der Waals surface area contributed by atoms with Crippen molar-refractivity contribution in [1.82, 2.24) is 5.32 Å². The number of nitrogens with one attached hydrogen (secondary N) is 1. The number of hydrogen-bond acceptors (Lipinski definition) is 3. The van der Waals surface area contributed by atoms with Gasteiger partial charge in [-0.1, -0.05) is 13.8 Å². The maximum absolute atomic E-state index is 8.68. The standard InChI is InChI=1S/C8H16N2O/c1-6(2)8(11-4)7(5-9)10-3/h6-8,10H,1-4H3. The Bertz CT molecular complexity index is 140. The molecule has 0 fully saturated rings. The van der Waals surface area contributed by atoms with Crippen molar-refractivity contribution in [2.45, 2.75) is 26.0 Å². The molecule has 3 heteroatoms. The molecule has 0 aromatic rings. The minimum Gasteiger partial charge on any atom is -0.378 e. The second-order valence-electron chi connectivity index (χ2n) is 2.84. The highest BCUT2D eigenvalue weighted by molar-refractivity contribution is 4.95. The van der Waals surface area contributed by atoms with Crippen molar-refractivity contribution in [3.63, 3.8) is 0 Å². The molecule has 2 unspecified atom stereocenters. The molecule has 0 aliphatic carbocycles. The Hall–Kier alpha value is -0.590. The van der Waals surface area contributed by atoms with Gasteiger partial charge in [0.1, 0.15) is 6.04 Å². The average Bonchev–Trinajstić information content (AvgIpc) is 1.99. The molecule has 0 rings (SSSR count). The zero-order chi connectivity index (χ0) is 8.85. The lowest BCUT2D eigenvalue weighted by atomic mass is 10.0. The van der Waals surface area contributed by atoms with Crippen LogP contribution in [0, 0.1) is 17.2 Å². The summed E-state index contributed by atoms with van der Waals surface area (Å²) in [6, 6.07) is 1.94. The van der Waals surface area contributed by atoms with Gasteiger partial charge in [0.25, 0.3) is 0 Å². The van der Waals surface area contributed by atoms with Gasteiger partial charge in [-0.15, -0.1) is 0 Å². The lowest BCUT2D eigenvalue weighted by Gasteiger charge is -2.23. The lowest BCUT2D eigenvalue weighted by Crippen LogP contribution is -2.40. The maximum atomic E-state index is 8.68. The van der Waals surface area contributed by atoms with Crippen LogP contribution in [0.15, 0.2) is 0 Å². The molecule has 11 heavy (non-hydrogen) atoms. The van der Waals surface area contributed by atoms with Gasteiger partial charge in [0.05, 0.1) is 12.2 Å². The van der Waals surface area contributed by atoms with Gasteiger partial charge >= 0.3 is 0 Å². The van der Waals surface area contributed by atoms with Crippen LogP contribution < -0.4 is 5.32 Å². The summed E-state index contributed by atoms with van der Waals surface area (Å²) in [7, 11) is 3.40. The maximum Gasteiger partial charge on any atom is 0.122 e. The Morgan fingerprint density at radius 1 is 1.45 bits per heavy atom. The van der Waals surface area contributed by atoms with E-state index in [-0.39, 0.29) is 12.1 Å². The third-order valence-corrected chi connectivity index (χ3v) is 1.71. The largest absolute Gasteiger partial charge is 0.378 e. The summed E-state index contributed by atoms with van der Waals surface area (Å²) in [6.07, 6.45) is -0.0231. The molecular weight excluding hydrogens is 140 g/mol. The van der Waals surface area contributed by atoms with E-state index in [1.165, 1.54) is 0 Å². The van der Waals surface area contributed by atoms with E-state index in [1.807, 2.05) is 13.8 Å². The number of rotatable bonds is 4. The van der Waals surface area contributed by atoms with Crippen LogP contribution in [-0.2, 0) is 4.74 Å². The van der Waals surface area contributed by atoms with Crippen LogP contribution in [-0.4, -0.2) is 26.3 Å². The Kier molecular flexibility index (Phi) is 4.84. The summed E-state index contributed by atoms with van der Waals surface area (Å²) < 4.78 is 5.17. The predicted molar refractivity (Wildman–Crippen MR) is 44.1 cm³/mol. The van der Waals surface area contributed by atoms with Crippen LogP contribution in [0.2, 0.25) is 0 Å². The first-order valence-corrected chi connectivity index (χ1v) is 3.77. The molecule has 0 aliphatic rings. The number of ether oxygens (including phenoxy) is 1. The quantitative estimate of drug-likeness (QED) is 0.654. The molecule has 2 atom stereocenters. The van der Waals surface area contributed by atoms with Crippen molar-refractivity contribution in [3.8, 4) is 6.07 Å². The monoisotopic (exact) mass is 156 g/mol. The van der Waals surface area contributed by atoms with Gasteiger partial charge < -0.3 is 10.1 Å². The van der Waals surface area contributed by atoms with Gasteiger partial charge in [-0.3, -0.25) is 0 Å². The van der Waals surface area contributed by atoms with E-state index < -0.39 is 0 Å². The second kappa shape index (κ2) is 5.11. The van der Waals surface area contributed by atoms with Crippen molar-refractivity contribution >= 4 is 0 Å². The Labute approximate surface area is 68.3 Å². The normalized spacial score (nSPS) is 16.0. The predicted octanol–water partition coefficient (Wildman–Crippen LogP) is 0.769. The summed E-state index contributed by atoms with van der Waals surface area (Å²) in [4.78, 5) is 0. The summed E-state index contributed by atoms with van der Waals surface area (Å²) in [5.41, 5.74) is 0. The van der Waals surface area contributed by atoms with Crippen LogP contribution in [0.3, 0.4) is 0 Å². The molecule has 0 amide bonds. The van der Waals surface area contributed by atoms with Gasteiger partial charge in [0, 0.05) is 7.11 Å². The molecule has 0 saturated carbocycles. The van der Waals surface area contributed by atoms with E-state index in [0.29, 0.717) is 5.92 Å². The van der Waals surface area contributed by atoms with Crippen molar-refractivity contribution in [1.29, 1.82) is 5.26 Å². The van der Waals surface area contributed by atoms with Crippen LogP contribution >= 0.6 is 0 Å². The third-order valence-electron chi connectivity index (χ3n) is 1.71. The van der Waals surface area contributed by atoms with E-state index in [9.17, 15) is 0 Å². The molecule has 1 N–H and O–H groups in total. The molecule has 0 spiro atoms. The van der Waals surface area contributed by atoms with Crippen molar-refractivity contribution in [2.75, 3.05) is 14.2 Å². The zero-order valence-electron chi connectivity index (χ0n) is 7.59. The van der Waals surface area contributed by atoms with Crippen molar-refractivity contribution in [2.24, 2.45) is 5.92 Å². The number of nitrogens with zero attached hydrogens (tertiary/aromatic N) is 1. The molecule has 0 heterocycles. The number of nitriles is 1. The average molecular weight is 156 g/mol. The molecule has 0 aromatic carbocycles. The fourth-order valence-electron chi connectivity index (χ4n) is 1.10. The molecule has 0 aromatic heterocycles. The topological polar surface area (TPSA) is 45.0 Å². The minimum atomic E-state index is -0.208. The smallest absolute Gasteiger partial charge is 0.122 e. The zero-order valence-corrected chi connectivity index (χ0v) is 7.59. The summed E-state index contributed by atoms with van der Waals surface area (Å²) in [6.45, 7) is 4.08. The highest BCUT2D eigenvalue weighted by Crippen LogP contribution is 2.09. The van der Waals surface area contributed by atoms with E-state index in [4.69, 9.17) is 10.00 Å². The van der Waals surface area contributed by atoms with Crippen molar-refractivity contribution in [3.05, 3.63) is 0 Å². The van der Waals surface area contributed by atoms with Gasteiger partial charge in [-0.25, -0.2) is 0 Å². The van der Waals surface area contributed by atoms with Gasteiger partial charge in [0.2, 0.25) is 0 Å². The molecular formula is C8H16N2O. The van der Waals surface area contributed by atoms with Gasteiger partial charge in [-0.2, -0.15) is 5.26 Å². The fourth-order valence-corrected chi connectivity index (χ4v) is 1.10. The van der Waals surface area contributed by atoms with Gasteiger partial charge in [0.15, 0.2) is 0 Å². The first kappa shape index (κ1) is 10.4. The second-order valence-corrected chi connectivity index (χ2v) is 2.84. The molecule has 0 bridgehead atoms. The Morgan fingerprint density at radius 3 is 2.09 bits per heavy atom. The Balaban J connectivity index is 4.12. The van der Waals surface area contributed by atoms with Crippen LogP contribution in [0.25, 0.3) is 0 Å². The van der Waals surface area contributed by atoms with E-state index in [0.717, 1.165) is 0 Å². The number of methoxy groups -OCH3 is 1. The van der Waals surface area contributed by atoms with Gasteiger partial charge in [-0.05, 0) is 13.0 Å². The minimum absolute atomic E-state index is 0.0231. The molecule has 3 nitrogen and oxygen atoms in total. The third kappa shape index (κ3) is 2.87. The molecule has 64 valence electrons. The highest BCUT2D eigenvalue weighted by Gasteiger charge is 2.21. The Morgan fingerprint density at radius 2 is 2.00 bits per heavy atom. The van der Waals surface area contributed by atoms with E-state index >= 15 is 0 Å². The van der Waals surface area contributed by atoms with Crippen LogP contribution in [0.1, 0.15) is 13.8 Å². The lowest BCUT2D eigenvalue weighted by molar-refractivity contribution is 0.0497. The number of likely N-dealkylation sites (N-methyl/N-ethyl adjacent to an activating group) is 1.